The first-order chi connectivity index (χ1) is 7.18. The largest absolute Gasteiger partial charge is 0.336 e. The zero-order valence-corrected chi connectivity index (χ0v) is 9.31. The summed E-state index contributed by atoms with van der Waals surface area (Å²) in [6.07, 6.45) is 0.706. The van der Waals surface area contributed by atoms with Crippen molar-refractivity contribution in [3.05, 3.63) is 35.9 Å². The molecule has 1 aromatic carbocycles. The van der Waals surface area contributed by atoms with Crippen LogP contribution in [0.15, 0.2) is 30.3 Å². The molecule has 1 amide bonds. The van der Waals surface area contributed by atoms with Crippen molar-refractivity contribution in [2.24, 2.45) is 5.92 Å². The second kappa shape index (κ2) is 4.05. The third-order valence-corrected chi connectivity index (χ3v) is 3.10. The van der Waals surface area contributed by atoms with E-state index in [2.05, 4.69) is 26.0 Å². The van der Waals surface area contributed by atoms with Gasteiger partial charge in [0.15, 0.2) is 0 Å². The van der Waals surface area contributed by atoms with Crippen molar-refractivity contribution >= 4 is 5.91 Å². The van der Waals surface area contributed by atoms with Crippen molar-refractivity contribution in [1.82, 2.24) is 4.90 Å². The van der Waals surface area contributed by atoms with Gasteiger partial charge in [-0.25, -0.2) is 0 Å². The Hall–Kier alpha value is -1.31. The van der Waals surface area contributed by atoms with Gasteiger partial charge in [0.1, 0.15) is 0 Å². The highest BCUT2D eigenvalue weighted by Gasteiger charge is 2.30. The van der Waals surface area contributed by atoms with E-state index in [4.69, 9.17) is 0 Å². The molecule has 0 aromatic heterocycles. The minimum Gasteiger partial charge on any atom is -0.336 e. The van der Waals surface area contributed by atoms with E-state index in [9.17, 15) is 4.79 Å². The van der Waals surface area contributed by atoms with Crippen LogP contribution in [-0.4, -0.2) is 17.4 Å². The van der Waals surface area contributed by atoms with Crippen molar-refractivity contribution in [3.63, 3.8) is 0 Å². The maximum absolute atomic E-state index is 11.7. The van der Waals surface area contributed by atoms with Crippen LogP contribution in [-0.2, 0) is 4.79 Å². The molecule has 1 aromatic rings. The molecule has 1 aliphatic heterocycles. The van der Waals surface area contributed by atoms with Crippen molar-refractivity contribution < 1.29 is 4.79 Å². The Balaban J connectivity index is 2.15. The number of likely N-dealkylation sites (tertiary alicyclic amines) is 1. The van der Waals surface area contributed by atoms with Gasteiger partial charge in [0.25, 0.3) is 0 Å². The SMILES string of the molecule is CC1CC(=O)N(C(C)c2ccccc2)C1. The molecule has 0 N–H and O–H groups in total. The summed E-state index contributed by atoms with van der Waals surface area (Å²) in [5, 5.41) is 0. The number of amides is 1. The van der Waals surface area contributed by atoms with Crippen LogP contribution in [0.1, 0.15) is 31.9 Å². The summed E-state index contributed by atoms with van der Waals surface area (Å²) in [6, 6.07) is 10.4. The average Bonchev–Trinajstić information content (AvgIpc) is 2.58. The third-order valence-electron chi connectivity index (χ3n) is 3.10. The summed E-state index contributed by atoms with van der Waals surface area (Å²) in [4.78, 5) is 13.7. The van der Waals surface area contributed by atoms with Gasteiger partial charge in [0.05, 0.1) is 6.04 Å². The summed E-state index contributed by atoms with van der Waals surface area (Å²) in [5.41, 5.74) is 1.22. The fourth-order valence-corrected chi connectivity index (χ4v) is 2.20. The van der Waals surface area contributed by atoms with Crippen LogP contribution >= 0.6 is 0 Å². The van der Waals surface area contributed by atoms with Crippen LogP contribution in [0.4, 0.5) is 0 Å². The predicted molar refractivity (Wildman–Crippen MR) is 60.4 cm³/mol. The highest BCUT2D eigenvalue weighted by atomic mass is 16.2. The van der Waals surface area contributed by atoms with E-state index in [1.54, 1.807) is 0 Å². The molecule has 2 unspecified atom stereocenters. The zero-order chi connectivity index (χ0) is 10.8. The molecule has 2 nitrogen and oxygen atoms in total. The van der Waals surface area contributed by atoms with E-state index in [1.807, 2.05) is 23.1 Å². The maximum atomic E-state index is 11.7. The van der Waals surface area contributed by atoms with Crippen molar-refractivity contribution in [2.45, 2.75) is 26.3 Å². The van der Waals surface area contributed by atoms with Gasteiger partial charge in [-0.1, -0.05) is 37.3 Å². The van der Waals surface area contributed by atoms with Gasteiger partial charge in [-0.3, -0.25) is 4.79 Å². The summed E-state index contributed by atoms with van der Waals surface area (Å²) in [7, 11) is 0. The first-order valence-electron chi connectivity index (χ1n) is 5.53. The molecule has 0 aliphatic carbocycles. The number of carbonyl (C=O) groups is 1. The van der Waals surface area contributed by atoms with Crippen LogP contribution in [0.25, 0.3) is 0 Å². The molecule has 2 heteroatoms. The van der Waals surface area contributed by atoms with E-state index in [1.165, 1.54) is 5.56 Å². The highest BCUT2D eigenvalue weighted by molar-refractivity contribution is 5.79. The molecule has 1 saturated heterocycles. The third kappa shape index (κ3) is 2.04. The number of hydrogen-bond donors (Lipinski definition) is 0. The summed E-state index contributed by atoms with van der Waals surface area (Å²) in [6.45, 7) is 5.13. The Labute approximate surface area is 90.9 Å². The summed E-state index contributed by atoms with van der Waals surface area (Å²) in [5.74, 6) is 0.794. The molecule has 1 fully saturated rings. The second-order valence-electron chi connectivity index (χ2n) is 4.44. The van der Waals surface area contributed by atoms with Crippen LogP contribution < -0.4 is 0 Å². The Morgan fingerprint density at radius 1 is 1.33 bits per heavy atom. The van der Waals surface area contributed by atoms with Crippen LogP contribution in [0.2, 0.25) is 0 Å². The molecule has 15 heavy (non-hydrogen) atoms. The van der Waals surface area contributed by atoms with Gasteiger partial charge in [-0.05, 0) is 18.4 Å². The lowest BCUT2D eigenvalue weighted by Crippen LogP contribution is -2.28. The van der Waals surface area contributed by atoms with Crippen LogP contribution in [0, 0.1) is 5.92 Å². The Morgan fingerprint density at radius 2 is 2.00 bits per heavy atom. The molecule has 0 bridgehead atoms. The van der Waals surface area contributed by atoms with Gasteiger partial charge >= 0.3 is 0 Å². The lowest BCUT2D eigenvalue weighted by Gasteiger charge is -2.24. The highest BCUT2D eigenvalue weighted by Crippen LogP contribution is 2.27. The monoisotopic (exact) mass is 203 g/mol. The Kier molecular flexibility index (Phi) is 2.76. The quantitative estimate of drug-likeness (QED) is 0.723. The number of rotatable bonds is 2. The summed E-state index contributed by atoms with van der Waals surface area (Å²) < 4.78 is 0. The van der Waals surface area contributed by atoms with E-state index in [0.717, 1.165) is 6.54 Å². The van der Waals surface area contributed by atoms with E-state index < -0.39 is 0 Å². The average molecular weight is 203 g/mol. The minimum atomic E-state index is 0.212. The van der Waals surface area contributed by atoms with Gasteiger partial charge < -0.3 is 4.90 Å². The number of benzene rings is 1. The first kappa shape index (κ1) is 10.2. The number of carbonyl (C=O) groups excluding carboxylic acids is 1. The topological polar surface area (TPSA) is 20.3 Å². The first-order valence-corrected chi connectivity index (χ1v) is 5.53. The van der Waals surface area contributed by atoms with Crippen molar-refractivity contribution in [3.8, 4) is 0 Å². The normalized spacial score (nSPS) is 23.2. The lowest BCUT2D eigenvalue weighted by molar-refractivity contribution is -0.129. The van der Waals surface area contributed by atoms with Crippen molar-refractivity contribution in [2.75, 3.05) is 6.54 Å². The molecule has 0 saturated carbocycles. The van der Waals surface area contributed by atoms with Crippen molar-refractivity contribution in [1.29, 1.82) is 0 Å². The molecular formula is C13H17NO. The van der Waals surface area contributed by atoms with Gasteiger partial charge in [0.2, 0.25) is 5.91 Å². The predicted octanol–water partition coefficient (Wildman–Crippen LogP) is 2.62. The van der Waals surface area contributed by atoms with Gasteiger partial charge in [-0.15, -0.1) is 0 Å². The minimum absolute atomic E-state index is 0.212. The van der Waals surface area contributed by atoms with Gasteiger partial charge in [-0.2, -0.15) is 0 Å². The molecule has 1 aliphatic rings. The summed E-state index contributed by atoms with van der Waals surface area (Å²) >= 11 is 0. The standard InChI is InChI=1S/C13H17NO/c1-10-8-13(15)14(9-10)11(2)12-6-4-3-5-7-12/h3-7,10-11H,8-9H2,1-2H3. The molecule has 80 valence electrons. The zero-order valence-electron chi connectivity index (χ0n) is 9.31. The van der Waals surface area contributed by atoms with Crippen LogP contribution in [0.5, 0.6) is 0 Å². The molecular weight excluding hydrogens is 186 g/mol. The van der Waals surface area contributed by atoms with Gasteiger partial charge in [0, 0.05) is 13.0 Å². The number of nitrogens with zero attached hydrogens (tertiary/aromatic N) is 1. The lowest BCUT2D eigenvalue weighted by atomic mass is 10.1. The van der Waals surface area contributed by atoms with E-state index >= 15 is 0 Å². The Bertz CT molecular complexity index is 347. The van der Waals surface area contributed by atoms with Crippen LogP contribution in [0.3, 0.4) is 0 Å². The smallest absolute Gasteiger partial charge is 0.223 e. The van der Waals surface area contributed by atoms with E-state index in [0.29, 0.717) is 18.2 Å². The fraction of sp³-hybridized carbons (Fsp3) is 0.462. The molecule has 2 atom stereocenters. The molecule has 1 heterocycles. The number of hydrogen-bond acceptors (Lipinski definition) is 1. The molecule has 2 rings (SSSR count). The molecule has 0 spiro atoms. The molecule has 0 radical (unpaired) electrons. The fourth-order valence-electron chi connectivity index (χ4n) is 2.20. The maximum Gasteiger partial charge on any atom is 0.223 e. The second-order valence-corrected chi connectivity index (χ2v) is 4.44. The van der Waals surface area contributed by atoms with E-state index in [-0.39, 0.29) is 6.04 Å². The Morgan fingerprint density at radius 3 is 2.53 bits per heavy atom.